The van der Waals surface area contributed by atoms with E-state index in [1.807, 2.05) is 0 Å². The monoisotopic (exact) mass is 459 g/mol. The number of nitriles is 1. The van der Waals surface area contributed by atoms with Gasteiger partial charge in [0.15, 0.2) is 0 Å². The van der Waals surface area contributed by atoms with Crippen molar-refractivity contribution in [3.63, 3.8) is 0 Å². The molecular weight excluding hydrogens is 432 g/mol. The maximum Gasteiger partial charge on any atom is 0.410 e. The second kappa shape index (κ2) is 8.96. The number of carbonyl (C=O) groups is 1. The highest BCUT2D eigenvalue weighted by Gasteiger charge is 2.61. The number of carbonyl (C=O) groups excluding carboxylic acids is 1. The molecule has 1 fully saturated rings. The summed E-state index contributed by atoms with van der Waals surface area (Å²) < 4.78 is 66.6. The zero-order chi connectivity index (χ0) is 23.6. The predicted molar refractivity (Wildman–Crippen MR) is 109 cm³/mol. The number of rotatable bonds is 6. The minimum absolute atomic E-state index is 0.329. The van der Waals surface area contributed by atoms with Crippen molar-refractivity contribution < 1.29 is 31.5 Å². The Morgan fingerprint density at radius 2 is 1.90 bits per heavy atom. The van der Waals surface area contributed by atoms with Gasteiger partial charge in [0.05, 0.1) is 25.9 Å². The molecule has 1 saturated heterocycles. The van der Waals surface area contributed by atoms with Gasteiger partial charge in [-0.3, -0.25) is 4.90 Å². The van der Waals surface area contributed by atoms with Crippen molar-refractivity contribution in [1.29, 1.82) is 5.26 Å². The first-order valence-electron chi connectivity index (χ1n) is 9.55. The van der Waals surface area contributed by atoms with E-state index in [-0.39, 0.29) is 6.54 Å². The molecule has 0 radical (unpaired) electrons. The Bertz CT molecular complexity index is 939. The number of halogens is 2. The lowest BCUT2D eigenvalue weighted by molar-refractivity contribution is -0.0667. The van der Waals surface area contributed by atoms with E-state index in [4.69, 9.17) is 14.7 Å². The van der Waals surface area contributed by atoms with Crippen LogP contribution in [0, 0.1) is 11.3 Å². The molecule has 11 heteroatoms. The zero-order valence-electron chi connectivity index (χ0n) is 18.1. The molecule has 1 aromatic carbocycles. The minimum atomic E-state index is -4.10. The smallest absolute Gasteiger partial charge is 0.410 e. The van der Waals surface area contributed by atoms with E-state index in [0.717, 1.165) is 11.2 Å². The quantitative estimate of drug-likeness (QED) is 0.648. The molecule has 2 atom stereocenters. The molecule has 8 nitrogen and oxygen atoms in total. The van der Waals surface area contributed by atoms with Crippen molar-refractivity contribution in [3.05, 3.63) is 29.8 Å². The lowest BCUT2D eigenvalue weighted by Crippen LogP contribution is -2.51. The fourth-order valence-corrected chi connectivity index (χ4v) is 4.43. The van der Waals surface area contributed by atoms with E-state index in [9.17, 15) is 13.2 Å². The summed E-state index contributed by atoms with van der Waals surface area (Å²) in [4.78, 5) is 13.3. The molecule has 0 N–H and O–H groups in total. The van der Waals surface area contributed by atoms with Crippen molar-refractivity contribution in [1.82, 2.24) is 9.21 Å². The van der Waals surface area contributed by atoms with Crippen LogP contribution < -0.4 is 4.74 Å². The Kier molecular flexibility index (Phi) is 7.17. The van der Waals surface area contributed by atoms with E-state index in [0.29, 0.717) is 15.6 Å². The van der Waals surface area contributed by atoms with Gasteiger partial charge in [-0.25, -0.2) is 22.0 Å². The topological polar surface area (TPSA) is 99.9 Å². The maximum absolute atomic E-state index is 15.4. The number of ether oxygens (including phenoxy) is 2. The second-order valence-electron chi connectivity index (χ2n) is 8.36. The Labute approximate surface area is 181 Å². The molecule has 1 aliphatic rings. The van der Waals surface area contributed by atoms with E-state index >= 15 is 8.78 Å². The van der Waals surface area contributed by atoms with Crippen LogP contribution in [0.3, 0.4) is 0 Å². The minimum Gasteiger partial charge on any atom is -0.497 e. The summed E-state index contributed by atoms with van der Waals surface area (Å²) in [6.07, 6.45) is -0.849. The normalized spacial score (nSPS) is 21.1. The number of likely N-dealkylation sites (tertiary alicyclic amines) is 1. The molecule has 1 heterocycles. The average molecular weight is 460 g/mol. The van der Waals surface area contributed by atoms with E-state index in [2.05, 4.69) is 0 Å². The standard InChI is InChI=1S/C20H27F2N3O5S/c1-19(2,3)30-18(26)24-13-17(20(21,22)16(24)10-11-23)25(31(5,27)28)12-14-6-8-15(29-4)9-7-14/h6-9,16-17H,10,12-13H2,1-5H3/t16-,17-/m1/s1. The van der Waals surface area contributed by atoms with Gasteiger partial charge in [0.2, 0.25) is 10.0 Å². The van der Waals surface area contributed by atoms with Gasteiger partial charge in [-0.1, -0.05) is 12.1 Å². The van der Waals surface area contributed by atoms with Crippen LogP contribution in [0.1, 0.15) is 32.8 Å². The number of nitrogens with zero attached hydrogens (tertiary/aromatic N) is 3. The molecule has 1 aliphatic heterocycles. The Morgan fingerprint density at radius 1 is 1.32 bits per heavy atom. The molecule has 1 aromatic rings. The van der Waals surface area contributed by atoms with Crippen LogP contribution in [-0.4, -0.2) is 67.2 Å². The van der Waals surface area contributed by atoms with Crippen LogP contribution in [0.4, 0.5) is 13.6 Å². The van der Waals surface area contributed by atoms with Gasteiger partial charge >= 0.3 is 6.09 Å². The third kappa shape index (κ3) is 5.83. The highest BCUT2D eigenvalue weighted by molar-refractivity contribution is 7.88. The Balaban J connectivity index is 2.42. The van der Waals surface area contributed by atoms with Gasteiger partial charge in [0.1, 0.15) is 23.4 Å². The molecular formula is C20H27F2N3O5S. The van der Waals surface area contributed by atoms with Gasteiger partial charge in [0.25, 0.3) is 5.92 Å². The summed E-state index contributed by atoms with van der Waals surface area (Å²) in [6.45, 7) is 3.83. The third-order valence-corrected chi connectivity index (χ3v) is 6.05. The zero-order valence-corrected chi connectivity index (χ0v) is 18.9. The molecule has 0 aromatic heterocycles. The van der Waals surface area contributed by atoms with Gasteiger partial charge in [-0.15, -0.1) is 0 Å². The molecule has 2 rings (SSSR count). The number of sulfonamides is 1. The molecule has 0 saturated carbocycles. The van der Waals surface area contributed by atoms with Crippen LogP contribution in [0.2, 0.25) is 0 Å². The van der Waals surface area contributed by atoms with Gasteiger partial charge in [-0.2, -0.15) is 9.57 Å². The molecule has 31 heavy (non-hydrogen) atoms. The largest absolute Gasteiger partial charge is 0.497 e. The molecule has 0 aliphatic carbocycles. The molecule has 172 valence electrons. The first-order chi connectivity index (χ1) is 14.2. The first kappa shape index (κ1) is 24.8. The second-order valence-corrected chi connectivity index (χ2v) is 10.3. The van der Waals surface area contributed by atoms with Crippen molar-refractivity contribution in [2.45, 2.75) is 57.3 Å². The molecule has 0 bridgehead atoms. The van der Waals surface area contributed by atoms with Gasteiger partial charge in [-0.05, 0) is 38.5 Å². The average Bonchev–Trinajstić information content (AvgIpc) is 2.89. The fraction of sp³-hybridized carbons (Fsp3) is 0.600. The van der Waals surface area contributed by atoms with Crippen LogP contribution >= 0.6 is 0 Å². The van der Waals surface area contributed by atoms with Crippen LogP contribution in [-0.2, 0) is 21.3 Å². The summed E-state index contributed by atoms with van der Waals surface area (Å²) in [5.41, 5.74) is -0.476. The van der Waals surface area contributed by atoms with Crippen molar-refractivity contribution in [2.24, 2.45) is 0 Å². The van der Waals surface area contributed by atoms with E-state index < -0.39 is 52.7 Å². The Hall–Kier alpha value is -2.45. The van der Waals surface area contributed by atoms with Crippen molar-refractivity contribution in [2.75, 3.05) is 19.9 Å². The first-order valence-corrected chi connectivity index (χ1v) is 11.4. The lowest BCUT2D eigenvalue weighted by atomic mass is 10.0. The van der Waals surface area contributed by atoms with E-state index in [1.165, 1.54) is 7.11 Å². The summed E-state index contributed by atoms with van der Waals surface area (Å²) in [7, 11) is -2.63. The van der Waals surface area contributed by atoms with Gasteiger partial charge in [0, 0.05) is 13.1 Å². The summed E-state index contributed by atoms with van der Waals surface area (Å²) >= 11 is 0. The summed E-state index contributed by atoms with van der Waals surface area (Å²) in [5.74, 6) is -3.13. The van der Waals surface area contributed by atoms with E-state index in [1.54, 1.807) is 51.1 Å². The van der Waals surface area contributed by atoms with Crippen molar-refractivity contribution in [3.8, 4) is 11.8 Å². The summed E-state index contributed by atoms with van der Waals surface area (Å²) in [6, 6.07) is 4.33. The van der Waals surface area contributed by atoms with Crippen LogP contribution in [0.15, 0.2) is 24.3 Å². The SMILES string of the molecule is COc1ccc(CN([C@@H]2CN(C(=O)OC(C)(C)C)[C@H](CC#N)C2(F)F)S(C)(=O)=O)cc1. The van der Waals surface area contributed by atoms with Crippen LogP contribution in [0.25, 0.3) is 0 Å². The molecule has 1 amide bonds. The third-order valence-electron chi connectivity index (χ3n) is 4.82. The van der Waals surface area contributed by atoms with Crippen LogP contribution in [0.5, 0.6) is 5.75 Å². The highest BCUT2D eigenvalue weighted by Crippen LogP contribution is 2.41. The Morgan fingerprint density at radius 3 is 2.35 bits per heavy atom. The number of alkyl halides is 2. The molecule has 0 spiro atoms. The fourth-order valence-electron chi connectivity index (χ4n) is 3.37. The van der Waals surface area contributed by atoms with Crippen molar-refractivity contribution >= 4 is 16.1 Å². The van der Waals surface area contributed by atoms with Gasteiger partial charge < -0.3 is 9.47 Å². The highest BCUT2D eigenvalue weighted by atomic mass is 32.2. The number of hydrogen-bond donors (Lipinski definition) is 0. The number of hydrogen-bond acceptors (Lipinski definition) is 6. The maximum atomic E-state index is 15.4. The number of methoxy groups -OCH3 is 1. The predicted octanol–water partition coefficient (Wildman–Crippen LogP) is 2.99. The number of benzene rings is 1. The summed E-state index contributed by atoms with van der Waals surface area (Å²) in [5, 5.41) is 9.05. The lowest BCUT2D eigenvalue weighted by Gasteiger charge is -2.31. The molecule has 0 unspecified atom stereocenters. The number of amides is 1.